The fourth-order valence-corrected chi connectivity index (χ4v) is 1.33. The molecule has 0 radical (unpaired) electrons. The van der Waals surface area contributed by atoms with Crippen LogP contribution in [0, 0.1) is 0 Å². The van der Waals surface area contributed by atoms with Gasteiger partial charge in [-0.3, -0.25) is 9.00 Å². The Labute approximate surface area is 83.0 Å². The molecule has 1 atom stereocenters. The second-order valence-electron chi connectivity index (χ2n) is 2.38. The van der Waals surface area contributed by atoms with Crippen LogP contribution in [0.15, 0.2) is 24.3 Å². The molecule has 0 aliphatic heterocycles. The van der Waals surface area contributed by atoms with Crippen LogP contribution < -0.4 is 0 Å². The first-order valence-electron chi connectivity index (χ1n) is 3.44. The Bertz CT molecular complexity index is 334. The van der Waals surface area contributed by atoms with Crippen molar-refractivity contribution < 1.29 is 13.6 Å². The summed E-state index contributed by atoms with van der Waals surface area (Å²) in [5.74, 6) is -0.910. The molecule has 0 N–H and O–H groups in total. The van der Waals surface area contributed by atoms with E-state index >= 15 is 0 Å². The topological polar surface area (TPSA) is 57.2 Å². The molecule has 5 heteroatoms. The molecule has 13 heavy (non-hydrogen) atoms. The Morgan fingerprint density at radius 2 is 1.92 bits per heavy atom. The van der Waals surface area contributed by atoms with Crippen LogP contribution >= 0.6 is 11.6 Å². The molecule has 0 saturated carbocycles. The molecule has 0 amide bonds. The van der Waals surface area contributed by atoms with E-state index in [-0.39, 0.29) is 0 Å². The maximum Gasteiger partial charge on any atom is 0.174 e. The van der Waals surface area contributed by atoms with Gasteiger partial charge in [0.15, 0.2) is 5.78 Å². The molecule has 0 aliphatic carbocycles. The Morgan fingerprint density at radius 3 is 2.38 bits per heavy atom. The Hall–Kier alpha value is -0.710. The fourth-order valence-electron chi connectivity index (χ4n) is 0.826. The average Bonchev–Trinajstić information content (AvgIpc) is 2.04. The third-order valence-corrected chi connectivity index (χ3v) is 2.17. The third-order valence-electron chi connectivity index (χ3n) is 1.42. The van der Waals surface area contributed by atoms with Crippen LogP contribution in [0.2, 0.25) is 5.02 Å². The highest BCUT2D eigenvalue weighted by molar-refractivity contribution is 7.79. The maximum atomic E-state index is 11.1. The van der Waals surface area contributed by atoms with Crippen molar-refractivity contribution in [2.45, 2.75) is 0 Å². The molecule has 0 heterocycles. The lowest BCUT2D eigenvalue weighted by Crippen LogP contribution is -2.09. The zero-order valence-corrected chi connectivity index (χ0v) is 8.10. The summed E-state index contributed by atoms with van der Waals surface area (Å²) in [5, 5.41) is 0.514. The van der Waals surface area contributed by atoms with Gasteiger partial charge in [0.2, 0.25) is 0 Å². The van der Waals surface area contributed by atoms with Gasteiger partial charge in [-0.15, -0.1) is 0 Å². The minimum absolute atomic E-state index is 0.355. The Kier molecular flexibility index (Phi) is 3.59. The first-order chi connectivity index (χ1) is 6.09. The normalized spacial score (nSPS) is 12.5. The highest BCUT2D eigenvalue weighted by Gasteiger charge is 2.04. The molecule has 3 nitrogen and oxygen atoms in total. The lowest BCUT2D eigenvalue weighted by atomic mass is 10.1. The van der Waals surface area contributed by atoms with Crippen LogP contribution in [0.25, 0.3) is 0 Å². The van der Waals surface area contributed by atoms with Crippen LogP contribution in [0.3, 0.4) is 0 Å². The molecule has 0 aliphatic rings. The Balaban J connectivity index is 2.78. The van der Waals surface area contributed by atoms with E-state index in [0.29, 0.717) is 10.6 Å². The number of carbonyl (C=O) groups excluding carboxylic acids is 1. The fraction of sp³-hybridized carbons (Fsp3) is 0.125. The van der Waals surface area contributed by atoms with Gasteiger partial charge in [0, 0.05) is 10.6 Å². The number of Topliss-reactive ketones (excluding diaryl/α,β-unsaturated/α-hetero) is 1. The molecule has 1 aromatic rings. The zero-order chi connectivity index (χ0) is 9.84. The van der Waals surface area contributed by atoms with E-state index in [1.54, 1.807) is 12.1 Å². The molecular weight excluding hydrogens is 212 g/mol. The molecule has 1 unspecified atom stereocenters. The van der Waals surface area contributed by atoms with E-state index in [2.05, 4.69) is 0 Å². The van der Waals surface area contributed by atoms with E-state index in [0.717, 1.165) is 0 Å². The first-order valence-corrected chi connectivity index (χ1v) is 5.06. The molecule has 1 aromatic carbocycles. The maximum absolute atomic E-state index is 11.1. The number of ketones is 1. The smallest absolute Gasteiger partial charge is 0.174 e. The molecule has 0 spiro atoms. The molecule has 0 bridgehead atoms. The lowest BCUT2D eigenvalue weighted by molar-refractivity contribution is 0.102. The van der Waals surface area contributed by atoms with Crippen molar-refractivity contribution in [1.82, 2.24) is 0 Å². The van der Waals surface area contributed by atoms with E-state index in [9.17, 15) is 13.6 Å². The number of hydrogen-bond donors (Lipinski definition) is 0. The van der Waals surface area contributed by atoms with Crippen LogP contribution in [0.4, 0.5) is 0 Å². The average molecular weight is 218 g/mol. The van der Waals surface area contributed by atoms with Gasteiger partial charge in [-0.1, -0.05) is 11.6 Å². The van der Waals surface area contributed by atoms with E-state index in [4.69, 9.17) is 11.6 Å². The molecular formula is C8H6ClO3S-. The molecule has 0 fully saturated rings. The third kappa shape index (κ3) is 3.26. The second-order valence-corrected chi connectivity index (χ2v) is 3.71. The minimum atomic E-state index is -2.33. The minimum Gasteiger partial charge on any atom is -0.772 e. The molecule has 1 rings (SSSR count). The summed E-state index contributed by atoms with van der Waals surface area (Å²) in [5.41, 5.74) is 0.355. The highest BCUT2D eigenvalue weighted by Crippen LogP contribution is 2.10. The summed E-state index contributed by atoms with van der Waals surface area (Å²) in [4.78, 5) is 11.1. The van der Waals surface area contributed by atoms with Crippen LogP contribution in [-0.2, 0) is 11.1 Å². The van der Waals surface area contributed by atoms with Crippen LogP contribution in [-0.4, -0.2) is 20.3 Å². The van der Waals surface area contributed by atoms with Crippen molar-refractivity contribution in [1.29, 1.82) is 0 Å². The second kappa shape index (κ2) is 4.50. The van der Waals surface area contributed by atoms with Gasteiger partial charge >= 0.3 is 0 Å². The van der Waals surface area contributed by atoms with E-state index < -0.39 is 22.6 Å². The standard InChI is InChI=1S/C8H7ClO3S/c9-7-3-1-6(2-4-7)8(10)5-13(11)12/h1-4H,5H2,(H,11,12)/p-1. The van der Waals surface area contributed by atoms with Crippen molar-refractivity contribution in [2.75, 3.05) is 5.75 Å². The van der Waals surface area contributed by atoms with E-state index in [1.807, 2.05) is 0 Å². The summed E-state index contributed by atoms with van der Waals surface area (Å²) in [6.45, 7) is 0. The largest absolute Gasteiger partial charge is 0.772 e. The van der Waals surface area contributed by atoms with Gasteiger partial charge in [0.05, 0.1) is 5.75 Å². The summed E-state index contributed by atoms with van der Waals surface area (Å²) in [7, 11) is 0. The SMILES string of the molecule is O=C(CS(=O)[O-])c1ccc(Cl)cc1. The number of rotatable bonds is 3. The van der Waals surface area contributed by atoms with Gasteiger partial charge in [-0.05, 0) is 35.3 Å². The summed E-state index contributed by atoms with van der Waals surface area (Å²) in [6.07, 6.45) is 0. The van der Waals surface area contributed by atoms with Gasteiger partial charge in [-0.2, -0.15) is 0 Å². The molecule has 0 saturated heterocycles. The predicted molar refractivity (Wildman–Crippen MR) is 49.6 cm³/mol. The summed E-state index contributed by atoms with van der Waals surface area (Å²) < 4.78 is 20.4. The lowest BCUT2D eigenvalue weighted by Gasteiger charge is -2.03. The molecule has 0 aromatic heterocycles. The predicted octanol–water partition coefficient (Wildman–Crippen LogP) is 1.40. The van der Waals surface area contributed by atoms with Crippen molar-refractivity contribution in [3.63, 3.8) is 0 Å². The van der Waals surface area contributed by atoms with Crippen molar-refractivity contribution >= 4 is 28.5 Å². The van der Waals surface area contributed by atoms with Gasteiger partial charge < -0.3 is 4.55 Å². The van der Waals surface area contributed by atoms with Gasteiger partial charge in [0.25, 0.3) is 0 Å². The first kappa shape index (κ1) is 10.4. The number of benzene rings is 1. The quantitative estimate of drug-likeness (QED) is 0.568. The van der Waals surface area contributed by atoms with Crippen LogP contribution in [0.5, 0.6) is 0 Å². The van der Waals surface area contributed by atoms with Gasteiger partial charge in [-0.25, -0.2) is 0 Å². The number of halogens is 1. The molecule has 70 valence electrons. The number of hydrogen-bond acceptors (Lipinski definition) is 3. The van der Waals surface area contributed by atoms with Crippen LogP contribution in [0.1, 0.15) is 10.4 Å². The van der Waals surface area contributed by atoms with Crippen molar-refractivity contribution in [2.24, 2.45) is 0 Å². The van der Waals surface area contributed by atoms with Gasteiger partial charge in [0.1, 0.15) is 0 Å². The van der Waals surface area contributed by atoms with E-state index in [1.165, 1.54) is 12.1 Å². The number of carbonyl (C=O) groups is 1. The monoisotopic (exact) mass is 217 g/mol. The summed E-state index contributed by atoms with van der Waals surface area (Å²) in [6, 6.07) is 6.08. The summed E-state index contributed by atoms with van der Waals surface area (Å²) >= 11 is 3.26. The zero-order valence-electron chi connectivity index (χ0n) is 6.53. The van der Waals surface area contributed by atoms with Crippen molar-refractivity contribution in [3.8, 4) is 0 Å². The Morgan fingerprint density at radius 1 is 1.38 bits per heavy atom. The highest BCUT2D eigenvalue weighted by atomic mass is 35.5. The van der Waals surface area contributed by atoms with Crippen molar-refractivity contribution in [3.05, 3.63) is 34.9 Å².